The van der Waals surface area contributed by atoms with Crippen LogP contribution in [0.5, 0.6) is 0 Å². The van der Waals surface area contributed by atoms with Crippen LogP contribution in [-0.4, -0.2) is 38.2 Å². The van der Waals surface area contributed by atoms with E-state index >= 15 is 0 Å². The van der Waals surface area contributed by atoms with Crippen LogP contribution >= 0.6 is 0 Å². The maximum atomic E-state index is 12.3. The van der Waals surface area contributed by atoms with Gasteiger partial charge in [0, 0.05) is 0 Å². The fourth-order valence-electron chi connectivity index (χ4n) is 3.04. The molecule has 0 fully saturated rings. The van der Waals surface area contributed by atoms with E-state index in [9.17, 15) is 14.4 Å². The first-order valence-corrected chi connectivity index (χ1v) is 7.96. The van der Waals surface area contributed by atoms with Crippen molar-refractivity contribution in [1.29, 1.82) is 0 Å². The molecule has 0 aliphatic heterocycles. The number of hydrogen-bond acceptors (Lipinski definition) is 6. The summed E-state index contributed by atoms with van der Waals surface area (Å²) in [5.74, 6) is -3.07. The van der Waals surface area contributed by atoms with E-state index < -0.39 is 29.7 Å². The Balaban J connectivity index is 3.10. The summed E-state index contributed by atoms with van der Waals surface area (Å²) in [7, 11) is 1.34. The average Bonchev–Trinajstić information content (AvgIpc) is 2.53. The number of hydrogen-bond donors (Lipinski definition) is 0. The molecule has 1 rings (SSSR count). The lowest BCUT2D eigenvalue weighted by molar-refractivity contribution is -0.160. The highest BCUT2D eigenvalue weighted by Gasteiger charge is 2.42. The lowest BCUT2D eigenvalue weighted by atomic mass is 9.71. The maximum absolute atomic E-state index is 12.3. The molecule has 0 amide bonds. The van der Waals surface area contributed by atoms with Crippen LogP contribution in [0.3, 0.4) is 0 Å². The van der Waals surface area contributed by atoms with E-state index in [1.165, 1.54) is 7.11 Å². The first-order valence-electron chi connectivity index (χ1n) is 7.96. The zero-order chi connectivity index (χ0) is 17.6. The average molecular weight is 326 g/mol. The molecular formula is C17H26O6. The second-order valence-electron chi connectivity index (χ2n) is 5.70. The van der Waals surface area contributed by atoms with Gasteiger partial charge in [-0.15, -0.1) is 0 Å². The van der Waals surface area contributed by atoms with Gasteiger partial charge in [0.25, 0.3) is 0 Å². The van der Waals surface area contributed by atoms with Crippen molar-refractivity contribution >= 4 is 17.9 Å². The fourth-order valence-corrected chi connectivity index (χ4v) is 3.04. The lowest BCUT2D eigenvalue weighted by Crippen LogP contribution is -2.39. The summed E-state index contributed by atoms with van der Waals surface area (Å²) in [6.45, 7) is 7.55. The first-order chi connectivity index (χ1) is 10.9. The SMILES string of the molecule is CCOC(=O)[C@@H]1C=C(C)[C@H]([C@@H](C)C(=O)OC)C[C@H]1C(=O)OCC. The summed E-state index contributed by atoms with van der Waals surface area (Å²) in [6.07, 6.45) is 2.09. The van der Waals surface area contributed by atoms with E-state index in [0.29, 0.717) is 6.42 Å². The molecule has 4 atom stereocenters. The van der Waals surface area contributed by atoms with Crippen molar-refractivity contribution in [2.45, 2.75) is 34.1 Å². The minimum absolute atomic E-state index is 0.164. The largest absolute Gasteiger partial charge is 0.469 e. The number of esters is 3. The monoisotopic (exact) mass is 326 g/mol. The Morgan fingerprint density at radius 3 is 2.26 bits per heavy atom. The van der Waals surface area contributed by atoms with Crippen molar-refractivity contribution in [2.75, 3.05) is 20.3 Å². The van der Waals surface area contributed by atoms with E-state index in [2.05, 4.69) is 0 Å². The van der Waals surface area contributed by atoms with Crippen LogP contribution in [0.4, 0.5) is 0 Å². The highest BCUT2D eigenvalue weighted by Crippen LogP contribution is 2.39. The topological polar surface area (TPSA) is 78.9 Å². The summed E-state index contributed by atoms with van der Waals surface area (Å²) in [4.78, 5) is 36.2. The molecule has 0 aromatic heterocycles. The van der Waals surface area contributed by atoms with E-state index in [-0.39, 0.29) is 25.1 Å². The van der Waals surface area contributed by atoms with Gasteiger partial charge >= 0.3 is 17.9 Å². The minimum Gasteiger partial charge on any atom is -0.469 e. The quantitative estimate of drug-likeness (QED) is 0.423. The Morgan fingerprint density at radius 2 is 1.74 bits per heavy atom. The number of rotatable bonds is 6. The van der Waals surface area contributed by atoms with Crippen LogP contribution in [0.1, 0.15) is 34.1 Å². The zero-order valence-corrected chi connectivity index (χ0v) is 14.5. The van der Waals surface area contributed by atoms with Gasteiger partial charge in [0.05, 0.1) is 38.1 Å². The molecule has 0 saturated heterocycles. The van der Waals surface area contributed by atoms with Gasteiger partial charge < -0.3 is 14.2 Å². The molecule has 0 heterocycles. The van der Waals surface area contributed by atoms with Crippen molar-refractivity contribution in [3.8, 4) is 0 Å². The maximum Gasteiger partial charge on any atom is 0.313 e. The molecule has 0 N–H and O–H groups in total. The van der Waals surface area contributed by atoms with Crippen LogP contribution in [0, 0.1) is 23.7 Å². The molecule has 0 aromatic rings. The molecule has 0 aromatic carbocycles. The van der Waals surface area contributed by atoms with Crippen molar-refractivity contribution in [3.05, 3.63) is 11.6 Å². The third kappa shape index (κ3) is 4.56. The van der Waals surface area contributed by atoms with Gasteiger partial charge in [-0.25, -0.2) is 0 Å². The van der Waals surface area contributed by atoms with E-state index in [4.69, 9.17) is 14.2 Å². The van der Waals surface area contributed by atoms with Gasteiger partial charge in [0.2, 0.25) is 0 Å². The van der Waals surface area contributed by atoms with Crippen LogP contribution in [-0.2, 0) is 28.6 Å². The second kappa shape index (κ2) is 8.70. The number of carbonyl (C=O) groups is 3. The molecule has 1 aliphatic rings. The lowest BCUT2D eigenvalue weighted by Gasteiger charge is -2.34. The summed E-state index contributed by atoms with van der Waals surface area (Å²) >= 11 is 0. The van der Waals surface area contributed by atoms with Gasteiger partial charge in [-0.1, -0.05) is 18.6 Å². The molecule has 0 saturated carbocycles. The van der Waals surface area contributed by atoms with Crippen LogP contribution in [0.2, 0.25) is 0 Å². The van der Waals surface area contributed by atoms with Crippen molar-refractivity contribution in [3.63, 3.8) is 0 Å². The smallest absolute Gasteiger partial charge is 0.313 e. The number of allylic oxidation sites excluding steroid dienone is 1. The van der Waals surface area contributed by atoms with Crippen molar-refractivity contribution < 1.29 is 28.6 Å². The predicted molar refractivity (Wildman–Crippen MR) is 83.3 cm³/mol. The molecule has 23 heavy (non-hydrogen) atoms. The Morgan fingerprint density at radius 1 is 1.17 bits per heavy atom. The van der Waals surface area contributed by atoms with Crippen LogP contribution in [0.25, 0.3) is 0 Å². The molecule has 0 bridgehead atoms. The van der Waals surface area contributed by atoms with Crippen LogP contribution < -0.4 is 0 Å². The van der Waals surface area contributed by atoms with Gasteiger partial charge in [0.1, 0.15) is 0 Å². The number of carbonyl (C=O) groups excluding carboxylic acids is 3. The van der Waals surface area contributed by atoms with Gasteiger partial charge in [-0.3, -0.25) is 14.4 Å². The Hall–Kier alpha value is -1.85. The van der Waals surface area contributed by atoms with Crippen molar-refractivity contribution in [1.82, 2.24) is 0 Å². The zero-order valence-electron chi connectivity index (χ0n) is 14.5. The second-order valence-corrected chi connectivity index (χ2v) is 5.70. The van der Waals surface area contributed by atoms with E-state index in [0.717, 1.165) is 5.57 Å². The number of ether oxygens (including phenoxy) is 3. The van der Waals surface area contributed by atoms with Crippen LogP contribution in [0.15, 0.2) is 11.6 Å². The normalized spacial score (nSPS) is 25.1. The van der Waals surface area contributed by atoms with E-state index in [1.54, 1.807) is 26.8 Å². The Labute approximate surface area is 137 Å². The third-order valence-corrected chi connectivity index (χ3v) is 4.29. The minimum atomic E-state index is -0.671. The summed E-state index contributed by atoms with van der Waals surface area (Å²) in [5, 5.41) is 0. The highest BCUT2D eigenvalue weighted by molar-refractivity contribution is 5.84. The van der Waals surface area contributed by atoms with Gasteiger partial charge in [-0.2, -0.15) is 0 Å². The Kier molecular flexibility index (Phi) is 7.26. The Bertz CT molecular complexity index is 481. The van der Waals surface area contributed by atoms with E-state index in [1.807, 2.05) is 6.92 Å². The van der Waals surface area contributed by atoms with Gasteiger partial charge in [0.15, 0.2) is 0 Å². The third-order valence-electron chi connectivity index (χ3n) is 4.29. The van der Waals surface area contributed by atoms with Gasteiger partial charge in [-0.05, 0) is 33.1 Å². The fraction of sp³-hybridized carbons (Fsp3) is 0.706. The molecule has 0 radical (unpaired) electrons. The summed E-state index contributed by atoms with van der Waals surface area (Å²) < 4.78 is 15.0. The summed E-state index contributed by atoms with van der Waals surface area (Å²) in [5.41, 5.74) is 0.890. The van der Waals surface area contributed by atoms with Crippen molar-refractivity contribution in [2.24, 2.45) is 23.7 Å². The molecule has 0 spiro atoms. The molecule has 1 aliphatic carbocycles. The molecule has 0 unspecified atom stereocenters. The summed E-state index contributed by atoms with van der Waals surface area (Å²) in [6, 6.07) is 0. The molecule has 6 heteroatoms. The molecule has 6 nitrogen and oxygen atoms in total. The molecule has 130 valence electrons. The molecular weight excluding hydrogens is 300 g/mol. The highest BCUT2D eigenvalue weighted by atomic mass is 16.5. The standard InChI is InChI=1S/C17H26O6/c1-6-22-16(19)13-8-10(3)12(11(4)15(18)21-5)9-14(13)17(20)23-7-2/h8,11-14H,6-7,9H2,1-5H3/t11-,12-,13-,14-/m1/s1. The number of methoxy groups -OCH3 is 1. The first kappa shape index (κ1) is 19.2. The predicted octanol–water partition coefficient (Wildman–Crippen LogP) is 2.12.